The summed E-state index contributed by atoms with van der Waals surface area (Å²) < 4.78 is 15.8. The molecule has 0 radical (unpaired) electrons. The number of rotatable bonds is 13. The van der Waals surface area contributed by atoms with Crippen molar-refractivity contribution in [1.82, 2.24) is 15.2 Å². The standard InChI is InChI=1S/C20H28N4O5S.C4H4O4/c1-6-24(7-2)9-8-21-19(26)14-12-30-20(22-14)23-18(25)13-10-16(28-4)17(29-5)11-15(13)27-3;5-3(6)1-2-4(7)8/h10-12H,6-9H2,1-5H3,(H,21,26)(H,22,23,25);1-2H,(H,5,6)(H,7,8). The summed E-state index contributed by atoms with van der Waals surface area (Å²) in [6.07, 6.45) is 1.12. The topological polar surface area (TPSA) is 177 Å². The van der Waals surface area contributed by atoms with E-state index in [9.17, 15) is 19.2 Å². The fraction of sp³-hybridized carbons (Fsp3) is 0.375. The molecule has 0 unspecified atom stereocenters. The summed E-state index contributed by atoms with van der Waals surface area (Å²) in [5.74, 6) is -2.05. The number of ether oxygens (including phenoxy) is 3. The molecule has 0 aliphatic heterocycles. The van der Waals surface area contributed by atoms with E-state index in [1.807, 2.05) is 0 Å². The predicted molar refractivity (Wildman–Crippen MR) is 141 cm³/mol. The number of amides is 2. The average molecular weight is 553 g/mol. The number of carbonyl (C=O) groups excluding carboxylic acids is 2. The number of likely N-dealkylation sites (N-methyl/N-ethyl adjacent to an activating group) is 1. The minimum Gasteiger partial charge on any atom is -0.496 e. The lowest BCUT2D eigenvalue weighted by atomic mass is 10.1. The van der Waals surface area contributed by atoms with Gasteiger partial charge in [-0.05, 0) is 13.1 Å². The minimum absolute atomic E-state index is 0.258. The molecule has 1 aromatic carbocycles. The molecule has 0 saturated carbocycles. The van der Waals surface area contributed by atoms with Crippen molar-refractivity contribution >= 4 is 40.2 Å². The van der Waals surface area contributed by atoms with Crippen LogP contribution in [0.25, 0.3) is 0 Å². The number of hydrogen-bond donors (Lipinski definition) is 4. The molecule has 208 valence electrons. The number of anilines is 1. The van der Waals surface area contributed by atoms with Crippen molar-refractivity contribution < 1.29 is 43.6 Å². The van der Waals surface area contributed by atoms with E-state index in [1.165, 1.54) is 38.7 Å². The van der Waals surface area contributed by atoms with Gasteiger partial charge in [0.05, 0.1) is 26.9 Å². The third kappa shape index (κ3) is 10.4. The Morgan fingerprint density at radius 2 is 1.47 bits per heavy atom. The van der Waals surface area contributed by atoms with Crippen LogP contribution in [0.2, 0.25) is 0 Å². The molecule has 0 spiro atoms. The Morgan fingerprint density at radius 1 is 0.921 bits per heavy atom. The first kappa shape index (κ1) is 31.9. The molecule has 1 heterocycles. The maximum Gasteiger partial charge on any atom is 0.328 e. The average Bonchev–Trinajstić information content (AvgIpc) is 3.37. The third-order valence-electron chi connectivity index (χ3n) is 4.88. The molecule has 0 aliphatic rings. The molecule has 2 aromatic rings. The van der Waals surface area contributed by atoms with Crippen LogP contribution in [-0.2, 0) is 9.59 Å². The molecular formula is C24H32N4O9S. The van der Waals surface area contributed by atoms with Gasteiger partial charge in [-0.2, -0.15) is 0 Å². The lowest BCUT2D eigenvalue weighted by Gasteiger charge is -2.17. The SMILES string of the molecule is CCN(CC)CCNC(=O)c1csc(NC(=O)c2cc(OC)c(OC)cc2OC)n1.O=C(O)C=CC(=O)O. The Balaban J connectivity index is 0.000000781. The van der Waals surface area contributed by atoms with E-state index < -0.39 is 17.8 Å². The summed E-state index contributed by atoms with van der Waals surface area (Å²) in [5.41, 5.74) is 0.518. The van der Waals surface area contributed by atoms with Crippen LogP contribution < -0.4 is 24.8 Å². The quantitative estimate of drug-likeness (QED) is 0.268. The van der Waals surface area contributed by atoms with Crippen LogP contribution in [0, 0.1) is 0 Å². The second kappa shape index (κ2) is 16.6. The highest BCUT2D eigenvalue weighted by molar-refractivity contribution is 7.14. The van der Waals surface area contributed by atoms with Crippen LogP contribution in [-0.4, -0.2) is 91.4 Å². The molecule has 2 rings (SSSR count). The van der Waals surface area contributed by atoms with Gasteiger partial charge in [-0.15, -0.1) is 11.3 Å². The first-order chi connectivity index (χ1) is 18.1. The molecule has 0 atom stereocenters. The van der Waals surface area contributed by atoms with E-state index in [-0.39, 0.29) is 17.2 Å². The predicted octanol–water partition coefficient (Wildman–Crippen LogP) is 2.20. The first-order valence-corrected chi connectivity index (χ1v) is 12.2. The Kier molecular flexibility index (Phi) is 13.9. The van der Waals surface area contributed by atoms with E-state index >= 15 is 0 Å². The molecule has 38 heavy (non-hydrogen) atoms. The second-order valence-electron chi connectivity index (χ2n) is 7.19. The van der Waals surface area contributed by atoms with Gasteiger partial charge in [0, 0.05) is 42.8 Å². The van der Waals surface area contributed by atoms with Crippen LogP contribution >= 0.6 is 11.3 Å². The second-order valence-corrected chi connectivity index (χ2v) is 8.05. The summed E-state index contributed by atoms with van der Waals surface area (Å²) in [5, 5.41) is 23.1. The van der Waals surface area contributed by atoms with Crippen LogP contribution in [0.15, 0.2) is 29.7 Å². The van der Waals surface area contributed by atoms with Gasteiger partial charge in [0.15, 0.2) is 16.6 Å². The van der Waals surface area contributed by atoms with Crippen molar-refractivity contribution in [3.63, 3.8) is 0 Å². The maximum absolute atomic E-state index is 12.7. The zero-order valence-electron chi connectivity index (χ0n) is 21.8. The highest BCUT2D eigenvalue weighted by Gasteiger charge is 2.19. The number of nitrogens with one attached hydrogen (secondary N) is 2. The number of carboxylic acid groups (broad SMARTS) is 2. The van der Waals surface area contributed by atoms with Gasteiger partial charge in [0.1, 0.15) is 11.4 Å². The number of methoxy groups -OCH3 is 3. The number of aliphatic carboxylic acids is 2. The van der Waals surface area contributed by atoms with Gasteiger partial charge in [0.2, 0.25) is 0 Å². The summed E-state index contributed by atoms with van der Waals surface area (Å²) in [6.45, 7) is 7.31. The van der Waals surface area contributed by atoms with E-state index in [0.717, 1.165) is 19.6 Å². The van der Waals surface area contributed by atoms with Crippen LogP contribution in [0.5, 0.6) is 17.2 Å². The van der Waals surface area contributed by atoms with Crippen molar-refractivity contribution in [2.45, 2.75) is 13.8 Å². The molecule has 14 heteroatoms. The summed E-state index contributed by atoms with van der Waals surface area (Å²) in [6, 6.07) is 3.10. The monoisotopic (exact) mass is 552 g/mol. The van der Waals surface area contributed by atoms with Gasteiger partial charge in [-0.1, -0.05) is 13.8 Å². The summed E-state index contributed by atoms with van der Waals surface area (Å²) in [4.78, 5) is 50.5. The van der Waals surface area contributed by atoms with Crippen LogP contribution in [0.3, 0.4) is 0 Å². The minimum atomic E-state index is -1.26. The molecule has 13 nitrogen and oxygen atoms in total. The summed E-state index contributed by atoms with van der Waals surface area (Å²) in [7, 11) is 4.45. The largest absolute Gasteiger partial charge is 0.496 e. The van der Waals surface area contributed by atoms with Crippen LogP contribution in [0.1, 0.15) is 34.7 Å². The van der Waals surface area contributed by atoms with Gasteiger partial charge >= 0.3 is 11.9 Å². The van der Waals surface area contributed by atoms with Gasteiger partial charge in [-0.25, -0.2) is 14.6 Å². The van der Waals surface area contributed by atoms with Gasteiger partial charge in [0.25, 0.3) is 11.8 Å². The fourth-order valence-electron chi connectivity index (χ4n) is 2.91. The van der Waals surface area contributed by atoms with E-state index in [0.29, 0.717) is 41.1 Å². The van der Waals surface area contributed by atoms with Gasteiger partial charge in [-0.3, -0.25) is 14.9 Å². The molecule has 4 N–H and O–H groups in total. The molecule has 1 aromatic heterocycles. The van der Waals surface area contributed by atoms with Crippen LogP contribution in [0.4, 0.5) is 5.13 Å². The normalized spacial score (nSPS) is 10.4. The molecular weight excluding hydrogens is 520 g/mol. The molecule has 0 aliphatic carbocycles. The maximum atomic E-state index is 12.7. The zero-order chi connectivity index (χ0) is 28.7. The number of thiazole rings is 1. The number of aromatic nitrogens is 1. The van der Waals surface area contributed by atoms with Crippen molar-refractivity contribution in [2.75, 3.05) is 52.8 Å². The number of carboxylic acids is 2. The highest BCUT2D eigenvalue weighted by Crippen LogP contribution is 2.35. The Hall–Kier alpha value is -4.17. The smallest absolute Gasteiger partial charge is 0.328 e. The van der Waals surface area contributed by atoms with Crippen molar-refractivity contribution in [3.8, 4) is 17.2 Å². The Morgan fingerprint density at radius 3 is 1.97 bits per heavy atom. The van der Waals surface area contributed by atoms with Crippen molar-refractivity contribution in [1.29, 1.82) is 0 Å². The number of nitrogens with zero attached hydrogens (tertiary/aromatic N) is 2. The Bertz CT molecular complexity index is 1110. The molecule has 0 saturated heterocycles. The fourth-order valence-corrected chi connectivity index (χ4v) is 3.59. The van der Waals surface area contributed by atoms with Gasteiger partial charge < -0.3 is 34.6 Å². The molecule has 0 fully saturated rings. The summed E-state index contributed by atoms with van der Waals surface area (Å²) >= 11 is 1.17. The highest BCUT2D eigenvalue weighted by atomic mass is 32.1. The lowest BCUT2D eigenvalue weighted by Crippen LogP contribution is -2.34. The number of carbonyl (C=O) groups is 4. The van der Waals surface area contributed by atoms with E-state index in [4.69, 9.17) is 24.4 Å². The van der Waals surface area contributed by atoms with Crippen molar-refractivity contribution in [3.05, 3.63) is 40.9 Å². The lowest BCUT2D eigenvalue weighted by molar-refractivity contribution is -0.134. The molecule has 0 bridgehead atoms. The van der Waals surface area contributed by atoms with E-state index in [1.54, 1.807) is 11.4 Å². The van der Waals surface area contributed by atoms with Crippen molar-refractivity contribution in [2.24, 2.45) is 0 Å². The Labute approximate surface area is 224 Å². The first-order valence-electron chi connectivity index (χ1n) is 11.3. The zero-order valence-corrected chi connectivity index (χ0v) is 22.6. The number of hydrogen-bond acceptors (Lipinski definition) is 10. The third-order valence-corrected chi connectivity index (χ3v) is 5.64. The molecule has 2 amide bonds. The van der Waals surface area contributed by atoms with E-state index in [2.05, 4.69) is 34.4 Å². The number of benzene rings is 1.